The number of amides is 1. The van der Waals surface area contributed by atoms with Gasteiger partial charge in [0.1, 0.15) is 11.6 Å². The van der Waals surface area contributed by atoms with E-state index in [0.29, 0.717) is 12.1 Å². The molecule has 0 unspecified atom stereocenters. The van der Waals surface area contributed by atoms with Crippen LogP contribution in [0.2, 0.25) is 0 Å². The lowest BCUT2D eigenvalue weighted by Gasteiger charge is -2.09. The van der Waals surface area contributed by atoms with Crippen LogP contribution in [-0.4, -0.2) is 30.8 Å². The van der Waals surface area contributed by atoms with Gasteiger partial charge in [-0.3, -0.25) is 14.4 Å². The van der Waals surface area contributed by atoms with Gasteiger partial charge in [0.05, 0.1) is 17.5 Å². The second-order valence-electron chi connectivity index (χ2n) is 5.79. The number of Topliss-reactive ketones (excluding diaryl/α,β-unsaturated/α-hetero) is 1. The van der Waals surface area contributed by atoms with E-state index in [1.165, 1.54) is 0 Å². The van der Waals surface area contributed by atoms with Gasteiger partial charge in [-0.1, -0.05) is 12.1 Å². The Morgan fingerprint density at radius 1 is 1.00 bits per heavy atom. The number of rotatable bonds is 7. The van der Waals surface area contributed by atoms with E-state index < -0.39 is 53.2 Å². The molecular weight excluding hydrogens is 401 g/mol. The summed E-state index contributed by atoms with van der Waals surface area (Å²) in [6, 6.07) is 6.02. The number of benzene rings is 2. The summed E-state index contributed by atoms with van der Waals surface area (Å²) in [7, 11) is 0. The van der Waals surface area contributed by atoms with Crippen LogP contribution in [0.3, 0.4) is 0 Å². The molecule has 2 aromatic carbocycles. The number of carbonyl (C=O) groups is 3. The standard InChI is InChI=1S/C19H14F5NO4/c20-13-4-5-14(15(21)9-13)18(28)25-7-6-17(27)29-10-16(26)11-2-1-3-12(8-11)19(22,23)24/h1-5,8-9H,6-7,10H2,(H,25,28). The molecule has 29 heavy (non-hydrogen) atoms. The minimum absolute atomic E-state index is 0.258. The molecule has 0 aromatic heterocycles. The van der Waals surface area contributed by atoms with E-state index in [1.807, 2.05) is 0 Å². The van der Waals surface area contributed by atoms with Gasteiger partial charge in [0.15, 0.2) is 12.4 Å². The molecule has 0 spiro atoms. The third-order valence-corrected chi connectivity index (χ3v) is 3.67. The predicted molar refractivity (Wildman–Crippen MR) is 90.0 cm³/mol. The van der Waals surface area contributed by atoms with Gasteiger partial charge in [-0.15, -0.1) is 0 Å². The van der Waals surface area contributed by atoms with Crippen LogP contribution in [0.15, 0.2) is 42.5 Å². The number of nitrogens with one attached hydrogen (secondary N) is 1. The van der Waals surface area contributed by atoms with Crippen molar-refractivity contribution >= 4 is 17.7 Å². The molecule has 0 saturated carbocycles. The number of halogens is 5. The summed E-state index contributed by atoms with van der Waals surface area (Å²) in [6.07, 6.45) is -4.99. The van der Waals surface area contributed by atoms with Crippen LogP contribution in [0.25, 0.3) is 0 Å². The molecule has 2 rings (SSSR count). The van der Waals surface area contributed by atoms with Crippen LogP contribution in [0.5, 0.6) is 0 Å². The molecule has 0 heterocycles. The van der Waals surface area contributed by atoms with E-state index in [-0.39, 0.29) is 18.5 Å². The minimum atomic E-state index is -4.62. The molecule has 0 aliphatic rings. The zero-order chi connectivity index (χ0) is 21.6. The zero-order valence-corrected chi connectivity index (χ0v) is 14.7. The molecular formula is C19H14F5NO4. The molecule has 0 bridgehead atoms. The van der Waals surface area contributed by atoms with Crippen LogP contribution in [0.4, 0.5) is 22.0 Å². The number of hydrogen-bond donors (Lipinski definition) is 1. The number of alkyl halides is 3. The van der Waals surface area contributed by atoms with Crippen LogP contribution < -0.4 is 5.32 Å². The molecule has 154 valence electrons. The monoisotopic (exact) mass is 415 g/mol. The SMILES string of the molecule is O=C(CCNC(=O)c1ccc(F)cc1F)OCC(=O)c1cccc(C(F)(F)F)c1. The van der Waals surface area contributed by atoms with Gasteiger partial charge >= 0.3 is 12.1 Å². The molecule has 0 aliphatic heterocycles. The molecule has 2 aromatic rings. The maximum atomic E-state index is 13.5. The highest BCUT2D eigenvalue weighted by atomic mass is 19.4. The summed E-state index contributed by atoms with van der Waals surface area (Å²) in [5.41, 5.74) is -1.70. The van der Waals surface area contributed by atoms with Crippen molar-refractivity contribution in [3.63, 3.8) is 0 Å². The van der Waals surface area contributed by atoms with E-state index in [1.54, 1.807) is 0 Å². The fourth-order valence-electron chi connectivity index (χ4n) is 2.22. The lowest BCUT2D eigenvalue weighted by atomic mass is 10.1. The van der Waals surface area contributed by atoms with Crippen molar-refractivity contribution in [2.45, 2.75) is 12.6 Å². The third kappa shape index (κ3) is 6.37. The van der Waals surface area contributed by atoms with E-state index in [0.717, 1.165) is 30.3 Å². The average Bonchev–Trinajstić information content (AvgIpc) is 2.65. The molecule has 0 atom stereocenters. The normalized spacial score (nSPS) is 11.1. The third-order valence-electron chi connectivity index (χ3n) is 3.67. The Morgan fingerprint density at radius 3 is 2.38 bits per heavy atom. The van der Waals surface area contributed by atoms with Crippen molar-refractivity contribution in [1.82, 2.24) is 5.32 Å². The van der Waals surface area contributed by atoms with Crippen LogP contribution in [0, 0.1) is 11.6 Å². The Morgan fingerprint density at radius 2 is 1.72 bits per heavy atom. The van der Waals surface area contributed by atoms with Gasteiger partial charge < -0.3 is 10.1 Å². The maximum absolute atomic E-state index is 13.5. The number of ether oxygens (including phenoxy) is 1. The lowest BCUT2D eigenvalue weighted by Crippen LogP contribution is -2.27. The van der Waals surface area contributed by atoms with Crippen molar-refractivity contribution < 1.29 is 41.1 Å². The molecule has 1 amide bonds. The molecule has 5 nitrogen and oxygen atoms in total. The summed E-state index contributed by atoms with van der Waals surface area (Å²) >= 11 is 0. The number of esters is 1. The number of ketones is 1. The smallest absolute Gasteiger partial charge is 0.416 e. The summed E-state index contributed by atoms with van der Waals surface area (Å²) in [6.45, 7) is -1.03. The minimum Gasteiger partial charge on any atom is -0.457 e. The molecule has 0 saturated heterocycles. The second kappa shape index (κ2) is 9.26. The highest BCUT2D eigenvalue weighted by Gasteiger charge is 2.30. The van der Waals surface area contributed by atoms with Crippen molar-refractivity contribution in [3.05, 3.63) is 70.8 Å². The quantitative estimate of drug-likeness (QED) is 0.427. The fourth-order valence-corrected chi connectivity index (χ4v) is 2.22. The first-order valence-electron chi connectivity index (χ1n) is 8.17. The first-order valence-corrected chi connectivity index (χ1v) is 8.17. The van der Waals surface area contributed by atoms with Crippen LogP contribution in [-0.2, 0) is 15.7 Å². The summed E-state index contributed by atoms with van der Waals surface area (Å²) in [5.74, 6) is -4.53. The Labute approximate surface area is 161 Å². The van der Waals surface area contributed by atoms with E-state index in [2.05, 4.69) is 10.1 Å². The van der Waals surface area contributed by atoms with Crippen molar-refractivity contribution in [2.24, 2.45) is 0 Å². The molecule has 0 fully saturated rings. The summed E-state index contributed by atoms with van der Waals surface area (Å²) < 4.78 is 68.9. The lowest BCUT2D eigenvalue weighted by molar-refractivity contribution is -0.142. The Balaban J connectivity index is 1.80. The van der Waals surface area contributed by atoms with Gasteiger partial charge in [-0.25, -0.2) is 8.78 Å². The Hall–Kier alpha value is -3.30. The number of hydrogen-bond acceptors (Lipinski definition) is 4. The first-order chi connectivity index (χ1) is 13.6. The molecule has 1 N–H and O–H groups in total. The average molecular weight is 415 g/mol. The topological polar surface area (TPSA) is 72.5 Å². The van der Waals surface area contributed by atoms with Crippen molar-refractivity contribution in [1.29, 1.82) is 0 Å². The van der Waals surface area contributed by atoms with E-state index in [4.69, 9.17) is 0 Å². The zero-order valence-electron chi connectivity index (χ0n) is 14.7. The number of carbonyl (C=O) groups excluding carboxylic acids is 3. The van der Waals surface area contributed by atoms with Crippen molar-refractivity contribution in [3.8, 4) is 0 Å². The molecule has 0 aliphatic carbocycles. The highest BCUT2D eigenvalue weighted by Crippen LogP contribution is 2.29. The van der Waals surface area contributed by atoms with Crippen LogP contribution >= 0.6 is 0 Å². The van der Waals surface area contributed by atoms with Gasteiger partial charge in [0.25, 0.3) is 5.91 Å². The molecule has 10 heteroatoms. The highest BCUT2D eigenvalue weighted by molar-refractivity contribution is 5.98. The Kier molecular flexibility index (Phi) is 7.03. The largest absolute Gasteiger partial charge is 0.457 e. The van der Waals surface area contributed by atoms with E-state index >= 15 is 0 Å². The maximum Gasteiger partial charge on any atom is 0.416 e. The second-order valence-corrected chi connectivity index (χ2v) is 5.79. The Bertz CT molecular complexity index is 927. The van der Waals surface area contributed by atoms with Gasteiger partial charge in [-0.05, 0) is 24.3 Å². The van der Waals surface area contributed by atoms with Gasteiger partial charge in [-0.2, -0.15) is 13.2 Å². The first kappa shape index (κ1) is 22.0. The van der Waals surface area contributed by atoms with Crippen molar-refractivity contribution in [2.75, 3.05) is 13.2 Å². The van der Waals surface area contributed by atoms with E-state index in [9.17, 15) is 36.3 Å². The van der Waals surface area contributed by atoms with Crippen LogP contribution in [0.1, 0.15) is 32.7 Å². The summed E-state index contributed by atoms with van der Waals surface area (Å²) in [5, 5.41) is 2.22. The summed E-state index contributed by atoms with van der Waals surface area (Å²) in [4.78, 5) is 35.2. The van der Waals surface area contributed by atoms with Gasteiger partial charge in [0.2, 0.25) is 0 Å². The molecule has 0 radical (unpaired) electrons. The predicted octanol–water partition coefficient (Wildman–Crippen LogP) is 3.53. The van der Waals surface area contributed by atoms with Gasteiger partial charge in [0, 0.05) is 18.2 Å². The fraction of sp³-hybridized carbons (Fsp3) is 0.211.